The molecule has 0 saturated heterocycles. The van der Waals surface area contributed by atoms with Crippen LogP contribution in [0.1, 0.15) is 45.1 Å². The third-order valence-electron chi connectivity index (χ3n) is 3.78. The van der Waals surface area contributed by atoms with Gasteiger partial charge < -0.3 is 0 Å². The van der Waals surface area contributed by atoms with Crippen LogP contribution in [-0.2, 0) is 4.79 Å². The van der Waals surface area contributed by atoms with Gasteiger partial charge in [0.1, 0.15) is 5.78 Å². The molecule has 86 valence electrons. The molecule has 0 N–H and O–H groups in total. The lowest BCUT2D eigenvalue weighted by Gasteiger charge is -2.26. The Balaban J connectivity index is 2.18. The molecule has 0 radical (unpaired) electrons. The summed E-state index contributed by atoms with van der Waals surface area (Å²) in [7, 11) is 0. The number of hydrogen-bond acceptors (Lipinski definition) is 1. The number of Topliss-reactive ketones (excluding diaryl/α,β-unsaturated/α-hetero) is 1. The van der Waals surface area contributed by atoms with Crippen molar-refractivity contribution in [2.24, 2.45) is 11.3 Å². The van der Waals surface area contributed by atoms with E-state index < -0.39 is 0 Å². The monoisotopic (exact) mass is 216 g/mol. The van der Waals surface area contributed by atoms with Gasteiger partial charge in [0.25, 0.3) is 0 Å². The Bertz CT molecular complexity index is 372. The molecule has 1 aliphatic rings. The second-order valence-electron chi connectivity index (χ2n) is 5.93. The fraction of sp³-hybridized carbons (Fsp3) is 0.533. The van der Waals surface area contributed by atoms with Crippen molar-refractivity contribution in [3.63, 3.8) is 0 Å². The van der Waals surface area contributed by atoms with Gasteiger partial charge in [-0.15, -0.1) is 0 Å². The fourth-order valence-corrected chi connectivity index (χ4v) is 2.55. The summed E-state index contributed by atoms with van der Waals surface area (Å²) < 4.78 is 0. The van der Waals surface area contributed by atoms with Crippen molar-refractivity contribution < 1.29 is 4.79 Å². The Morgan fingerprint density at radius 1 is 1.12 bits per heavy atom. The van der Waals surface area contributed by atoms with Crippen LogP contribution in [0.25, 0.3) is 0 Å². The molecule has 1 aliphatic carbocycles. The van der Waals surface area contributed by atoms with E-state index in [4.69, 9.17) is 0 Å². The molecule has 2 rings (SSSR count). The van der Waals surface area contributed by atoms with E-state index in [1.165, 1.54) is 5.56 Å². The Labute approximate surface area is 97.9 Å². The fourth-order valence-electron chi connectivity index (χ4n) is 2.55. The van der Waals surface area contributed by atoms with E-state index in [-0.39, 0.29) is 11.3 Å². The Morgan fingerprint density at radius 2 is 1.75 bits per heavy atom. The highest BCUT2D eigenvalue weighted by Crippen LogP contribution is 2.43. The first-order chi connectivity index (χ1) is 7.48. The van der Waals surface area contributed by atoms with Crippen LogP contribution in [0.2, 0.25) is 0 Å². The van der Waals surface area contributed by atoms with E-state index in [0.29, 0.717) is 11.7 Å². The Hall–Kier alpha value is -1.11. The minimum Gasteiger partial charge on any atom is -0.299 e. The molecule has 0 amide bonds. The Morgan fingerprint density at radius 3 is 2.25 bits per heavy atom. The van der Waals surface area contributed by atoms with Crippen LogP contribution in [0.3, 0.4) is 0 Å². The van der Waals surface area contributed by atoms with Crippen LogP contribution in [0.4, 0.5) is 0 Å². The highest BCUT2D eigenvalue weighted by molar-refractivity contribution is 5.88. The minimum atomic E-state index is 0.144. The Kier molecular flexibility index (Phi) is 2.88. The van der Waals surface area contributed by atoms with E-state index in [0.717, 1.165) is 12.8 Å². The standard InChI is InChI=1S/C15H20O/c1-15(2,3)12-9-13(14(16)10-12)11-7-5-4-6-8-11/h4-8,12-13H,9-10H2,1-3H3/t12-,13+/m0/s1. The summed E-state index contributed by atoms with van der Waals surface area (Å²) in [6, 6.07) is 10.2. The van der Waals surface area contributed by atoms with E-state index in [2.05, 4.69) is 32.9 Å². The third-order valence-corrected chi connectivity index (χ3v) is 3.78. The first-order valence-corrected chi connectivity index (χ1v) is 6.06. The molecular weight excluding hydrogens is 196 g/mol. The van der Waals surface area contributed by atoms with Gasteiger partial charge in [0.15, 0.2) is 0 Å². The van der Waals surface area contributed by atoms with Crippen molar-refractivity contribution >= 4 is 5.78 Å². The van der Waals surface area contributed by atoms with Crippen LogP contribution in [0, 0.1) is 11.3 Å². The van der Waals surface area contributed by atoms with Crippen LogP contribution in [-0.4, -0.2) is 5.78 Å². The molecular formula is C15H20O. The molecule has 0 spiro atoms. The van der Waals surface area contributed by atoms with Crippen LogP contribution < -0.4 is 0 Å². The topological polar surface area (TPSA) is 17.1 Å². The molecule has 0 heterocycles. The van der Waals surface area contributed by atoms with Gasteiger partial charge in [-0.05, 0) is 23.3 Å². The number of carbonyl (C=O) groups is 1. The van der Waals surface area contributed by atoms with Crippen molar-refractivity contribution in [2.45, 2.75) is 39.5 Å². The number of carbonyl (C=O) groups excluding carboxylic acids is 1. The maximum absolute atomic E-state index is 12.0. The average molecular weight is 216 g/mol. The number of rotatable bonds is 1. The highest BCUT2D eigenvalue weighted by Gasteiger charge is 2.38. The molecule has 0 aliphatic heterocycles. The van der Waals surface area contributed by atoms with Crippen LogP contribution >= 0.6 is 0 Å². The molecule has 16 heavy (non-hydrogen) atoms. The first-order valence-electron chi connectivity index (χ1n) is 6.06. The zero-order valence-corrected chi connectivity index (χ0v) is 10.4. The van der Waals surface area contributed by atoms with Gasteiger partial charge in [-0.2, -0.15) is 0 Å². The predicted octanol–water partition coefficient (Wildman–Crippen LogP) is 3.80. The summed E-state index contributed by atoms with van der Waals surface area (Å²) in [6.45, 7) is 6.70. The highest BCUT2D eigenvalue weighted by atomic mass is 16.1. The zero-order valence-electron chi connectivity index (χ0n) is 10.4. The lowest BCUT2D eigenvalue weighted by molar-refractivity contribution is -0.119. The molecule has 1 fully saturated rings. The number of hydrogen-bond donors (Lipinski definition) is 0. The van der Waals surface area contributed by atoms with Gasteiger partial charge in [0.2, 0.25) is 0 Å². The van der Waals surface area contributed by atoms with Crippen molar-refractivity contribution in [3.05, 3.63) is 35.9 Å². The summed E-state index contributed by atoms with van der Waals surface area (Å²) in [5.74, 6) is 1.10. The maximum atomic E-state index is 12.0. The molecule has 1 nitrogen and oxygen atoms in total. The quantitative estimate of drug-likeness (QED) is 0.698. The zero-order chi connectivity index (χ0) is 11.8. The van der Waals surface area contributed by atoms with E-state index in [9.17, 15) is 4.79 Å². The third kappa shape index (κ3) is 2.18. The van der Waals surface area contributed by atoms with Gasteiger partial charge in [-0.25, -0.2) is 0 Å². The second-order valence-corrected chi connectivity index (χ2v) is 5.93. The lowest BCUT2D eigenvalue weighted by Crippen LogP contribution is -2.17. The molecule has 1 heteroatoms. The number of benzene rings is 1. The minimum absolute atomic E-state index is 0.144. The molecule has 1 saturated carbocycles. The van der Waals surface area contributed by atoms with Gasteiger partial charge >= 0.3 is 0 Å². The summed E-state index contributed by atoms with van der Waals surface area (Å²) >= 11 is 0. The van der Waals surface area contributed by atoms with E-state index in [1.54, 1.807) is 0 Å². The summed E-state index contributed by atoms with van der Waals surface area (Å²) in [5.41, 5.74) is 1.44. The van der Waals surface area contributed by atoms with Crippen molar-refractivity contribution in [1.29, 1.82) is 0 Å². The molecule has 0 unspecified atom stereocenters. The van der Waals surface area contributed by atoms with Crippen molar-refractivity contribution in [2.75, 3.05) is 0 Å². The SMILES string of the molecule is CC(C)(C)[C@@H]1CC(=O)[C@@H](c2ccccc2)C1. The number of ketones is 1. The van der Waals surface area contributed by atoms with Crippen molar-refractivity contribution in [3.8, 4) is 0 Å². The van der Waals surface area contributed by atoms with Crippen LogP contribution in [0.5, 0.6) is 0 Å². The maximum Gasteiger partial charge on any atom is 0.140 e. The summed E-state index contributed by atoms with van der Waals surface area (Å²) in [4.78, 5) is 12.0. The molecule has 0 bridgehead atoms. The van der Waals surface area contributed by atoms with Gasteiger partial charge in [-0.3, -0.25) is 4.79 Å². The molecule has 1 aromatic carbocycles. The smallest absolute Gasteiger partial charge is 0.140 e. The van der Waals surface area contributed by atoms with Gasteiger partial charge in [-0.1, -0.05) is 51.1 Å². The van der Waals surface area contributed by atoms with Gasteiger partial charge in [0.05, 0.1) is 0 Å². The van der Waals surface area contributed by atoms with Crippen LogP contribution in [0.15, 0.2) is 30.3 Å². The molecule has 2 atom stereocenters. The first kappa shape index (κ1) is 11.4. The summed E-state index contributed by atoms with van der Waals surface area (Å²) in [5, 5.41) is 0. The lowest BCUT2D eigenvalue weighted by atomic mass is 9.79. The molecule has 1 aromatic rings. The molecule has 0 aromatic heterocycles. The summed E-state index contributed by atoms with van der Waals surface area (Å²) in [6.07, 6.45) is 1.77. The second kappa shape index (κ2) is 4.04. The van der Waals surface area contributed by atoms with Crippen molar-refractivity contribution in [1.82, 2.24) is 0 Å². The average Bonchev–Trinajstić information content (AvgIpc) is 2.61. The normalized spacial score (nSPS) is 26.1. The largest absolute Gasteiger partial charge is 0.299 e. The van der Waals surface area contributed by atoms with E-state index in [1.807, 2.05) is 18.2 Å². The van der Waals surface area contributed by atoms with E-state index >= 15 is 0 Å². The van der Waals surface area contributed by atoms with Gasteiger partial charge in [0, 0.05) is 12.3 Å². The predicted molar refractivity (Wildman–Crippen MR) is 66.4 cm³/mol.